The summed E-state index contributed by atoms with van der Waals surface area (Å²) in [7, 11) is 0. The fraction of sp³-hybridized carbons (Fsp3) is 0.167. The van der Waals surface area contributed by atoms with Crippen LogP contribution in [-0.2, 0) is 4.79 Å². The van der Waals surface area contributed by atoms with Crippen molar-refractivity contribution in [2.75, 3.05) is 0 Å². The maximum absolute atomic E-state index is 10.3. The third kappa shape index (κ3) is 1.16. The van der Waals surface area contributed by atoms with Gasteiger partial charge in [0.25, 0.3) is 0 Å². The van der Waals surface area contributed by atoms with Gasteiger partial charge in [-0.2, -0.15) is 0 Å². The third-order valence-corrected chi connectivity index (χ3v) is 1.22. The van der Waals surface area contributed by atoms with Crippen LogP contribution in [0.5, 0.6) is 0 Å². The van der Waals surface area contributed by atoms with Crippen molar-refractivity contribution in [2.45, 2.75) is 6.04 Å². The number of hydrogen-bond acceptors (Lipinski definition) is 2. The topological polar surface area (TPSA) is 79.1 Å². The molecule has 0 saturated heterocycles. The SMILES string of the molecule is NC(C(=O)O)c1ccc[nH]1. The van der Waals surface area contributed by atoms with E-state index >= 15 is 0 Å². The molecule has 4 nitrogen and oxygen atoms in total. The molecule has 0 aliphatic heterocycles. The minimum absolute atomic E-state index is 0.521. The lowest BCUT2D eigenvalue weighted by Crippen LogP contribution is -2.20. The summed E-state index contributed by atoms with van der Waals surface area (Å²) in [5.74, 6) is -1.03. The van der Waals surface area contributed by atoms with E-state index in [2.05, 4.69) is 4.98 Å². The van der Waals surface area contributed by atoms with Gasteiger partial charge in [0.05, 0.1) is 0 Å². The Hall–Kier alpha value is -1.29. The summed E-state index contributed by atoms with van der Waals surface area (Å²) >= 11 is 0. The van der Waals surface area contributed by atoms with Crippen molar-refractivity contribution in [3.63, 3.8) is 0 Å². The minimum Gasteiger partial charge on any atom is -0.480 e. The first-order valence-electron chi connectivity index (χ1n) is 2.83. The zero-order valence-electron chi connectivity index (χ0n) is 5.24. The number of aromatic amines is 1. The van der Waals surface area contributed by atoms with E-state index in [9.17, 15) is 4.79 Å². The maximum Gasteiger partial charge on any atom is 0.326 e. The zero-order chi connectivity index (χ0) is 7.56. The van der Waals surface area contributed by atoms with Crippen LogP contribution in [-0.4, -0.2) is 16.1 Å². The molecule has 1 unspecified atom stereocenters. The first kappa shape index (κ1) is 6.82. The van der Waals surface area contributed by atoms with Gasteiger partial charge in [0.1, 0.15) is 6.04 Å². The molecule has 54 valence electrons. The number of hydrogen-bond donors (Lipinski definition) is 3. The number of carboxylic acid groups (broad SMARTS) is 1. The predicted molar refractivity (Wildman–Crippen MR) is 35.4 cm³/mol. The van der Waals surface area contributed by atoms with Crippen LogP contribution in [0.3, 0.4) is 0 Å². The molecular weight excluding hydrogens is 132 g/mol. The highest BCUT2D eigenvalue weighted by atomic mass is 16.4. The lowest BCUT2D eigenvalue weighted by molar-refractivity contribution is -0.138. The quantitative estimate of drug-likeness (QED) is 0.545. The summed E-state index contributed by atoms with van der Waals surface area (Å²) in [5.41, 5.74) is 5.77. The molecule has 0 saturated carbocycles. The Morgan fingerprint density at radius 1 is 1.80 bits per heavy atom. The molecule has 0 amide bonds. The molecule has 0 spiro atoms. The summed E-state index contributed by atoms with van der Waals surface area (Å²) in [4.78, 5) is 13.0. The Labute approximate surface area is 57.7 Å². The summed E-state index contributed by atoms with van der Waals surface area (Å²) < 4.78 is 0. The fourth-order valence-electron chi connectivity index (χ4n) is 0.671. The van der Waals surface area contributed by atoms with Crippen LogP contribution in [0.1, 0.15) is 11.7 Å². The second kappa shape index (κ2) is 2.53. The molecule has 0 radical (unpaired) electrons. The lowest BCUT2D eigenvalue weighted by Gasteiger charge is -2.01. The van der Waals surface area contributed by atoms with Crippen molar-refractivity contribution in [2.24, 2.45) is 5.73 Å². The van der Waals surface area contributed by atoms with Crippen molar-refractivity contribution < 1.29 is 9.90 Å². The van der Waals surface area contributed by atoms with Crippen molar-refractivity contribution in [1.29, 1.82) is 0 Å². The van der Waals surface area contributed by atoms with Crippen molar-refractivity contribution >= 4 is 5.97 Å². The Morgan fingerprint density at radius 2 is 2.50 bits per heavy atom. The molecule has 4 N–H and O–H groups in total. The molecule has 0 aromatic carbocycles. The van der Waals surface area contributed by atoms with E-state index in [-0.39, 0.29) is 0 Å². The van der Waals surface area contributed by atoms with Gasteiger partial charge in [0.15, 0.2) is 0 Å². The van der Waals surface area contributed by atoms with E-state index in [1.54, 1.807) is 18.3 Å². The number of aromatic nitrogens is 1. The van der Waals surface area contributed by atoms with Gasteiger partial charge in [-0.25, -0.2) is 0 Å². The van der Waals surface area contributed by atoms with Crippen LogP contribution in [0.15, 0.2) is 18.3 Å². The average molecular weight is 140 g/mol. The smallest absolute Gasteiger partial charge is 0.326 e. The Balaban J connectivity index is 2.77. The normalized spacial score (nSPS) is 12.9. The molecule has 0 bridgehead atoms. The Morgan fingerprint density at radius 3 is 2.90 bits per heavy atom. The molecule has 1 aromatic rings. The van der Waals surface area contributed by atoms with Gasteiger partial charge in [0.2, 0.25) is 0 Å². The number of nitrogens with one attached hydrogen (secondary N) is 1. The minimum atomic E-state index is -1.03. The van der Waals surface area contributed by atoms with Crippen LogP contribution < -0.4 is 5.73 Å². The molecule has 10 heavy (non-hydrogen) atoms. The van der Waals surface area contributed by atoms with Crippen LogP contribution in [0.25, 0.3) is 0 Å². The van der Waals surface area contributed by atoms with Crippen LogP contribution in [0.2, 0.25) is 0 Å². The van der Waals surface area contributed by atoms with Gasteiger partial charge in [-0.3, -0.25) is 4.79 Å². The summed E-state index contributed by atoms with van der Waals surface area (Å²) in [5, 5.41) is 8.41. The average Bonchev–Trinajstić information content (AvgIpc) is 2.36. The van der Waals surface area contributed by atoms with Crippen molar-refractivity contribution in [3.8, 4) is 0 Å². The zero-order valence-corrected chi connectivity index (χ0v) is 5.24. The van der Waals surface area contributed by atoms with E-state index in [0.717, 1.165) is 0 Å². The highest BCUT2D eigenvalue weighted by molar-refractivity contribution is 5.74. The standard InChI is InChI=1S/C6H8N2O2/c7-5(6(9)10)4-2-1-3-8-4/h1-3,5,8H,7H2,(H,9,10). The number of aliphatic carboxylic acids is 1. The number of carboxylic acids is 1. The number of carbonyl (C=O) groups is 1. The molecule has 1 rings (SSSR count). The lowest BCUT2D eigenvalue weighted by atomic mass is 10.2. The second-order valence-electron chi connectivity index (χ2n) is 1.94. The predicted octanol–water partition coefficient (Wildman–Crippen LogP) is 0.0991. The first-order chi connectivity index (χ1) is 4.72. The van der Waals surface area contributed by atoms with Crippen molar-refractivity contribution in [1.82, 2.24) is 4.98 Å². The highest BCUT2D eigenvalue weighted by Crippen LogP contribution is 2.05. The number of H-pyrrole nitrogens is 1. The van der Waals surface area contributed by atoms with E-state index in [4.69, 9.17) is 10.8 Å². The monoisotopic (exact) mass is 140 g/mol. The van der Waals surface area contributed by atoms with Crippen LogP contribution >= 0.6 is 0 Å². The molecule has 0 fully saturated rings. The molecule has 1 aromatic heterocycles. The summed E-state index contributed by atoms with van der Waals surface area (Å²) in [6.07, 6.45) is 1.64. The molecule has 1 heterocycles. The van der Waals surface area contributed by atoms with E-state index < -0.39 is 12.0 Å². The second-order valence-corrected chi connectivity index (χ2v) is 1.94. The van der Waals surface area contributed by atoms with E-state index in [1.165, 1.54) is 0 Å². The largest absolute Gasteiger partial charge is 0.480 e. The van der Waals surface area contributed by atoms with Gasteiger partial charge in [-0.05, 0) is 12.1 Å². The Bertz CT molecular complexity index is 218. The van der Waals surface area contributed by atoms with Crippen LogP contribution in [0, 0.1) is 0 Å². The maximum atomic E-state index is 10.3. The van der Waals surface area contributed by atoms with E-state index in [0.29, 0.717) is 5.69 Å². The van der Waals surface area contributed by atoms with Crippen molar-refractivity contribution in [3.05, 3.63) is 24.0 Å². The van der Waals surface area contributed by atoms with Gasteiger partial charge in [0, 0.05) is 11.9 Å². The van der Waals surface area contributed by atoms with Crippen LogP contribution in [0.4, 0.5) is 0 Å². The molecular formula is C6H8N2O2. The summed E-state index contributed by atoms with van der Waals surface area (Å²) in [6.45, 7) is 0. The Kier molecular flexibility index (Phi) is 1.73. The van der Waals surface area contributed by atoms with Gasteiger partial charge >= 0.3 is 5.97 Å². The molecule has 0 aliphatic rings. The molecule has 4 heteroatoms. The number of rotatable bonds is 2. The third-order valence-electron chi connectivity index (χ3n) is 1.22. The summed E-state index contributed by atoms with van der Waals surface area (Å²) in [6, 6.07) is 2.41. The fourth-order valence-corrected chi connectivity index (χ4v) is 0.671. The number of nitrogens with two attached hydrogens (primary N) is 1. The highest BCUT2D eigenvalue weighted by Gasteiger charge is 2.13. The van der Waals surface area contributed by atoms with Gasteiger partial charge in [-0.15, -0.1) is 0 Å². The first-order valence-corrected chi connectivity index (χ1v) is 2.83. The molecule has 0 aliphatic carbocycles. The van der Waals surface area contributed by atoms with Gasteiger partial charge < -0.3 is 15.8 Å². The van der Waals surface area contributed by atoms with Gasteiger partial charge in [-0.1, -0.05) is 0 Å². The van der Waals surface area contributed by atoms with E-state index in [1.807, 2.05) is 0 Å². The molecule has 1 atom stereocenters.